The van der Waals surface area contributed by atoms with Crippen LogP contribution in [0.2, 0.25) is 0 Å². The molecule has 0 saturated carbocycles. The van der Waals surface area contributed by atoms with Gasteiger partial charge in [0.1, 0.15) is 0 Å². The number of hydrogen-bond acceptors (Lipinski definition) is 3. The summed E-state index contributed by atoms with van der Waals surface area (Å²) in [7, 11) is 0. The van der Waals surface area contributed by atoms with Crippen molar-refractivity contribution in [3.05, 3.63) is 66.2 Å². The average Bonchev–Trinajstić information content (AvgIpc) is 3.18. The lowest BCUT2D eigenvalue weighted by molar-refractivity contribution is 0.0950. The van der Waals surface area contributed by atoms with E-state index in [1.165, 1.54) is 0 Å². The van der Waals surface area contributed by atoms with Gasteiger partial charge in [0.05, 0.1) is 6.54 Å². The van der Waals surface area contributed by atoms with E-state index in [2.05, 4.69) is 20.5 Å². The van der Waals surface area contributed by atoms with E-state index < -0.39 is 0 Å². The average molecular weight is 291 g/mol. The van der Waals surface area contributed by atoms with E-state index in [0.717, 1.165) is 16.6 Å². The van der Waals surface area contributed by atoms with Crippen LogP contribution in [0.5, 0.6) is 0 Å². The van der Waals surface area contributed by atoms with Gasteiger partial charge in [-0.1, -0.05) is 6.07 Å². The summed E-state index contributed by atoms with van der Waals surface area (Å²) in [6.07, 6.45) is 3.73. The highest BCUT2D eigenvalue weighted by molar-refractivity contribution is 5.97. The number of carbonyl (C=O) groups is 1. The van der Waals surface area contributed by atoms with Crippen molar-refractivity contribution < 1.29 is 4.79 Å². The number of aromatic nitrogens is 4. The number of carbonyl (C=O) groups excluding carboxylic acids is 1. The van der Waals surface area contributed by atoms with Crippen LogP contribution in [0.4, 0.5) is 0 Å². The predicted octanol–water partition coefficient (Wildman–Crippen LogP) is 2.14. The van der Waals surface area contributed by atoms with Crippen LogP contribution in [0.1, 0.15) is 16.2 Å². The lowest BCUT2D eigenvalue weighted by atomic mass is 10.1. The molecule has 4 rings (SSSR count). The topological polar surface area (TPSA) is 75.1 Å². The lowest BCUT2D eigenvalue weighted by Gasteiger charge is -2.04. The number of pyridine rings is 1. The number of hydrogen-bond donors (Lipinski definition) is 2. The number of fused-ring (bicyclic) bond motifs is 2. The summed E-state index contributed by atoms with van der Waals surface area (Å²) in [5.41, 5.74) is 2.40. The molecule has 0 fully saturated rings. The first-order valence-electron chi connectivity index (χ1n) is 6.95. The molecule has 3 aromatic heterocycles. The molecule has 3 heterocycles. The molecule has 0 atom stereocenters. The molecular weight excluding hydrogens is 278 g/mol. The van der Waals surface area contributed by atoms with Crippen molar-refractivity contribution in [3.8, 4) is 0 Å². The number of benzene rings is 1. The van der Waals surface area contributed by atoms with Gasteiger partial charge in [-0.25, -0.2) is 0 Å². The first-order valence-corrected chi connectivity index (χ1v) is 6.95. The van der Waals surface area contributed by atoms with E-state index in [1.807, 2.05) is 53.2 Å². The van der Waals surface area contributed by atoms with Crippen LogP contribution >= 0.6 is 0 Å². The fourth-order valence-corrected chi connectivity index (χ4v) is 2.47. The Labute approximate surface area is 125 Å². The van der Waals surface area contributed by atoms with Crippen molar-refractivity contribution >= 4 is 22.5 Å². The summed E-state index contributed by atoms with van der Waals surface area (Å²) in [4.78, 5) is 15.4. The van der Waals surface area contributed by atoms with E-state index in [4.69, 9.17) is 0 Å². The Morgan fingerprint density at radius 2 is 2.14 bits per heavy atom. The monoisotopic (exact) mass is 291 g/mol. The second kappa shape index (κ2) is 5.00. The van der Waals surface area contributed by atoms with Gasteiger partial charge in [0.2, 0.25) is 0 Å². The molecule has 1 aromatic carbocycles. The fourth-order valence-electron chi connectivity index (χ4n) is 2.47. The third kappa shape index (κ3) is 2.10. The maximum Gasteiger partial charge on any atom is 0.251 e. The fraction of sp³-hybridized carbons (Fsp3) is 0.0625. The van der Waals surface area contributed by atoms with Crippen LogP contribution < -0.4 is 5.32 Å². The lowest BCUT2D eigenvalue weighted by Crippen LogP contribution is -2.23. The molecule has 0 saturated heterocycles. The number of nitrogens with one attached hydrogen (secondary N) is 2. The second-order valence-electron chi connectivity index (χ2n) is 5.01. The molecule has 6 nitrogen and oxygen atoms in total. The Morgan fingerprint density at radius 1 is 1.18 bits per heavy atom. The van der Waals surface area contributed by atoms with E-state index in [9.17, 15) is 4.79 Å². The number of amides is 1. The van der Waals surface area contributed by atoms with Crippen molar-refractivity contribution in [2.24, 2.45) is 0 Å². The molecule has 0 unspecified atom stereocenters. The van der Waals surface area contributed by atoms with Crippen LogP contribution in [0.3, 0.4) is 0 Å². The Balaban J connectivity index is 1.54. The molecule has 6 heteroatoms. The van der Waals surface area contributed by atoms with Crippen LogP contribution in [-0.2, 0) is 6.54 Å². The molecule has 0 aliphatic carbocycles. The van der Waals surface area contributed by atoms with Gasteiger partial charge in [0, 0.05) is 28.9 Å². The largest absolute Gasteiger partial charge is 0.361 e. The normalized spacial score (nSPS) is 11.1. The molecule has 1 amide bonds. The van der Waals surface area contributed by atoms with E-state index >= 15 is 0 Å². The van der Waals surface area contributed by atoms with E-state index in [1.54, 1.807) is 6.07 Å². The minimum atomic E-state index is -0.129. The molecule has 0 aliphatic heterocycles. The summed E-state index contributed by atoms with van der Waals surface area (Å²) in [5.74, 6) is 0.572. The standard InChI is InChI=1S/C16H13N5O/c22-16(12-4-5-13-11(9-12)6-7-17-13)18-10-15-20-19-14-3-1-2-8-21(14)15/h1-9,17H,10H2,(H,18,22). The second-order valence-corrected chi connectivity index (χ2v) is 5.01. The van der Waals surface area contributed by atoms with Crippen molar-refractivity contribution in [2.75, 3.05) is 0 Å². The third-order valence-electron chi connectivity index (χ3n) is 3.61. The molecule has 0 radical (unpaired) electrons. The summed E-state index contributed by atoms with van der Waals surface area (Å²) < 4.78 is 1.86. The maximum absolute atomic E-state index is 12.3. The third-order valence-corrected chi connectivity index (χ3v) is 3.61. The van der Waals surface area contributed by atoms with Gasteiger partial charge in [-0.05, 0) is 36.4 Å². The molecule has 0 bridgehead atoms. The van der Waals surface area contributed by atoms with Gasteiger partial charge >= 0.3 is 0 Å². The minimum Gasteiger partial charge on any atom is -0.361 e. The summed E-state index contributed by atoms with van der Waals surface area (Å²) in [6, 6.07) is 13.2. The van der Waals surface area contributed by atoms with Crippen molar-refractivity contribution in [1.29, 1.82) is 0 Å². The maximum atomic E-state index is 12.3. The van der Waals surface area contributed by atoms with Gasteiger partial charge in [-0.2, -0.15) is 0 Å². The molecule has 2 N–H and O–H groups in total. The zero-order chi connectivity index (χ0) is 14.9. The van der Waals surface area contributed by atoms with Gasteiger partial charge < -0.3 is 10.3 Å². The molecular formula is C16H13N5O. The van der Waals surface area contributed by atoms with Gasteiger partial charge in [-0.15, -0.1) is 10.2 Å². The Hall–Kier alpha value is -3.15. The van der Waals surface area contributed by atoms with Crippen LogP contribution in [-0.4, -0.2) is 25.5 Å². The van der Waals surface area contributed by atoms with Crippen molar-refractivity contribution in [3.63, 3.8) is 0 Å². The molecule has 108 valence electrons. The number of aromatic amines is 1. The Morgan fingerprint density at radius 3 is 3.09 bits per heavy atom. The van der Waals surface area contributed by atoms with E-state index in [-0.39, 0.29) is 5.91 Å². The number of rotatable bonds is 3. The van der Waals surface area contributed by atoms with Crippen LogP contribution in [0, 0.1) is 0 Å². The predicted molar refractivity (Wildman–Crippen MR) is 82.5 cm³/mol. The molecule has 22 heavy (non-hydrogen) atoms. The Bertz CT molecular complexity index is 969. The van der Waals surface area contributed by atoms with Gasteiger partial charge in [-0.3, -0.25) is 9.20 Å². The smallest absolute Gasteiger partial charge is 0.251 e. The van der Waals surface area contributed by atoms with E-state index in [0.29, 0.717) is 17.9 Å². The van der Waals surface area contributed by atoms with Crippen molar-refractivity contribution in [1.82, 2.24) is 24.9 Å². The zero-order valence-corrected chi connectivity index (χ0v) is 11.7. The molecule has 0 spiro atoms. The first-order chi connectivity index (χ1) is 10.8. The van der Waals surface area contributed by atoms with Gasteiger partial charge in [0.15, 0.2) is 11.5 Å². The molecule has 0 aliphatic rings. The summed E-state index contributed by atoms with van der Waals surface area (Å²) in [5, 5.41) is 12.0. The summed E-state index contributed by atoms with van der Waals surface area (Å²) >= 11 is 0. The highest BCUT2D eigenvalue weighted by Crippen LogP contribution is 2.14. The quantitative estimate of drug-likeness (QED) is 0.607. The minimum absolute atomic E-state index is 0.129. The van der Waals surface area contributed by atoms with Crippen LogP contribution in [0.15, 0.2) is 54.9 Å². The van der Waals surface area contributed by atoms with Crippen LogP contribution in [0.25, 0.3) is 16.6 Å². The van der Waals surface area contributed by atoms with Crippen molar-refractivity contribution in [2.45, 2.75) is 6.54 Å². The Kier molecular flexibility index (Phi) is 2.86. The summed E-state index contributed by atoms with van der Waals surface area (Å²) in [6.45, 7) is 0.329. The zero-order valence-electron chi connectivity index (χ0n) is 11.7. The van der Waals surface area contributed by atoms with Gasteiger partial charge in [0.25, 0.3) is 5.91 Å². The SMILES string of the molecule is O=C(NCc1nnc2ccccn12)c1ccc2[nH]ccc2c1. The highest BCUT2D eigenvalue weighted by atomic mass is 16.1. The number of H-pyrrole nitrogens is 1. The molecule has 4 aromatic rings. The highest BCUT2D eigenvalue weighted by Gasteiger charge is 2.09. The first kappa shape index (κ1) is 12.6. The number of nitrogens with zero attached hydrogens (tertiary/aromatic N) is 3.